The van der Waals surface area contributed by atoms with Crippen molar-refractivity contribution in [3.05, 3.63) is 59.4 Å². The van der Waals surface area contributed by atoms with Crippen molar-refractivity contribution < 1.29 is 14.3 Å². The van der Waals surface area contributed by atoms with Crippen LogP contribution in [0.3, 0.4) is 0 Å². The Morgan fingerprint density at radius 2 is 2.00 bits per heavy atom. The van der Waals surface area contributed by atoms with Gasteiger partial charge in [-0.25, -0.2) is 24.1 Å². The molecule has 26 heavy (non-hydrogen) atoms. The summed E-state index contributed by atoms with van der Waals surface area (Å²) in [7, 11) is 0. The molecular formula is C19H17FN4O2. The van der Waals surface area contributed by atoms with Crippen molar-refractivity contribution in [1.82, 2.24) is 15.0 Å². The maximum atomic E-state index is 14.2. The third-order valence-corrected chi connectivity index (χ3v) is 4.11. The maximum absolute atomic E-state index is 14.2. The average Bonchev–Trinajstić information content (AvgIpc) is 2.61. The number of hydrogen-bond acceptors (Lipinski definition) is 5. The van der Waals surface area contributed by atoms with Gasteiger partial charge in [-0.1, -0.05) is 13.0 Å². The Bertz CT molecular complexity index is 1000. The van der Waals surface area contributed by atoms with Crippen molar-refractivity contribution in [2.75, 3.05) is 5.73 Å². The molecule has 0 aliphatic rings. The molecule has 0 unspecified atom stereocenters. The summed E-state index contributed by atoms with van der Waals surface area (Å²) in [5, 5.41) is 9.02. The van der Waals surface area contributed by atoms with Crippen molar-refractivity contribution in [2.24, 2.45) is 0 Å². The summed E-state index contributed by atoms with van der Waals surface area (Å²) in [6, 6.07) is 7.47. The second-order valence-electron chi connectivity index (χ2n) is 5.77. The number of aromatic carboxylic acids is 1. The highest BCUT2D eigenvalue weighted by atomic mass is 19.1. The van der Waals surface area contributed by atoms with Gasteiger partial charge in [-0.2, -0.15) is 0 Å². The molecular weight excluding hydrogens is 335 g/mol. The molecule has 2 aromatic heterocycles. The second kappa shape index (κ2) is 6.87. The number of aryl methyl sites for hydroxylation is 2. The highest BCUT2D eigenvalue weighted by molar-refractivity contribution is 5.90. The zero-order valence-corrected chi connectivity index (χ0v) is 14.3. The van der Waals surface area contributed by atoms with Crippen LogP contribution in [0.25, 0.3) is 22.4 Å². The number of pyridine rings is 1. The van der Waals surface area contributed by atoms with Crippen LogP contribution in [-0.4, -0.2) is 26.0 Å². The number of nitrogens with zero attached hydrogens (tertiary/aromatic N) is 3. The van der Waals surface area contributed by atoms with E-state index in [0.29, 0.717) is 29.2 Å². The molecule has 0 saturated carbocycles. The predicted octanol–water partition coefficient (Wildman–Crippen LogP) is 3.50. The lowest BCUT2D eigenvalue weighted by molar-refractivity contribution is 0.0692. The molecule has 7 heteroatoms. The highest BCUT2D eigenvalue weighted by Gasteiger charge is 2.19. The van der Waals surface area contributed by atoms with Crippen LogP contribution in [0.2, 0.25) is 0 Å². The topological polar surface area (TPSA) is 102 Å². The summed E-state index contributed by atoms with van der Waals surface area (Å²) >= 11 is 0. The summed E-state index contributed by atoms with van der Waals surface area (Å²) in [5.41, 5.74) is 9.37. The number of carboxylic acid groups (broad SMARTS) is 1. The van der Waals surface area contributed by atoms with E-state index in [-0.39, 0.29) is 5.56 Å². The smallest absolute Gasteiger partial charge is 0.338 e. The van der Waals surface area contributed by atoms with E-state index in [1.807, 2.05) is 19.9 Å². The molecule has 3 rings (SSSR count). The summed E-state index contributed by atoms with van der Waals surface area (Å²) in [6.07, 6.45) is 2.06. The normalized spacial score (nSPS) is 10.7. The van der Waals surface area contributed by atoms with Gasteiger partial charge >= 0.3 is 5.97 Å². The first kappa shape index (κ1) is 17.5. The van der Waals surface area contributed by atoms with Crippen molar-refractivity contribution >= 4 is 11.8 Å². The Hall–Kier alpha value is -3.35. The zero-order chi connectivity index (χ0) is 18.8. The minimum absolute atomic E-state index is 0.384. The largest absolute Gasteiger partial charge is 0.478 e. The first-order valence-electron chi connectivity index (χ1n) is 8.03. The van der Waals surface area contributed by atoms with Crippen LogP contribution in [0.15, 0.2) is 36.7 Å². The predicted molar refractivity (Wildman–Crippen MR) is 96.1 cm³/mol. The minimum Gasteiger partial charge on any atom is -0.478 e. The highest BCUT2D eigenvalue weighted by Crippen LogP contribution is 2.35. The third kappa shape index (κ3) is 3.11. The SMILES string of the molecule is CCc1ncnc(-c2ccc(C(=O)O)c(F)c2)c1-c1ccc(N)nc1C. The van der Waals surface area contributed by atoms with E-state index in [1.165, 1.54) is 24.5 Å². The molecule has 2 heterocycles. The molecule has 0 aliphatic carbocycles. The fourth-order valence-corrected chi connectivity index (χ4v) is 2.87. The number of hydrogen-bond donors (Lipinski definition) is 2. The number of carbonyl (C=O) groups is 1. The molecule has 0 amide bonds. The van der Waals surface area contributed by atoms with E-state index >= 15 is 0 Å². The number of nitrogen functional groups attached to an aromatic ring is 1. The zero-order valence-electron chi connectivity index (χ0n) is 14.3. The van der Waals surface area contributed by atoms with Gasteiger partial charge in [-0.05, 0) is 37.6 Å². The molecule has 1 aromatic carbocycles. The van der Waals surface area contributed by atoms with Gasteiger partial charge in [0.1, 0.15) is 18.0 Å². The molecule has 0 saturated heterocycles. The number of aromatic nitrogens is 3. The first-order chi connectivity index (χ1) is 12.4. The number of carboxylic acids is 1. The molecule has 0 spiro atoms. The molecule has 0 radical (unpaired) electrons. The molecule has 0 fully saturated rings. The average molecular weight is 352 g/mol. The summed E-state index contributed by atoms with van der Waals surface area (Å²) in [6.45, 7) is 3.79. The van der Waals surface area contributed by atoms with Crippen LogP contribution in [0.5, 0.6) is 0 Å². The van der Waals surface area contributed by atoms with E-state index in [9.17, 15) is 9.18 Å². The van der Waals surface area contributed by atoms with Crippen LogP contribution in [0.1, 0.15) is 28.7 Å². The number of anilines is 1. The molecule has 6 nitrogen and oxygen atoms in total. The van der Waals surface area contributed by atoms with Gasteiger partial charge in [0.25, 0.3) is 0 Å². The molecule has 0 aliphatic heterocycles. The standard InChI is InChI=1S/C19H17FN4O2/c1-3-15-17(12-6-7-16(21)24-10(12)2)18(23-9-22-15)11-4-5-13(19(25)26)14(20)8-11/h4-9H,3H2,1-2H3,(H2,21,24)(H,25,26). The van der Waals surface area contributed by atoms with Gasteiger partial charge in [0.2, 0.25) is 0 Å². The van der Waals surface area contributed by atoms with Gasteiger partial charge in [-0.15, -0.1) is 0 Å². The Labute approximate surface area is 149 Å². The molecule has 0 atom stereocenters. The second-order valence-corrected chi connectivity index (χ2v) is 5.77. The van der Waals surface area contributed by atoms with Gasteiger partial charge in [0.05, 0.1) is 17.0 Å². The molecule has 3 N–H and O–H groups in total. The number of nitrogens with two attached hydrogens (primary N) is 1. The van der Waals surface area contributed by atoms with Gasteiger partial charge < -0.3 is 10.8 Å². The monoisotopic (exact) mass is 352 g/mol. The van der Waals surface area contributed by atoms with Crippen LogP contribution < -0.4 is 5.73 Å². The molecule has 3 aromatic rings. The lowest BCUT2D eigenvalue weighted by Gasteiger charge is -2.15. The number of rotatable bonds is 4. The van der Waals surface area contributed by atoms with Gasteiger partial charge in [-0.3, -0.25) is 0 Å². The fourth-order valence-electron chi connectivity index (χ4n) is 2.87. The molecule has 0 bridgehead atoms. The van der Waals surface area contributed by atoms with Gasteiger partial charge in [0.15, 0.2) is 0 Å². The Kier molecular flexibility index (Phi) is 4.62. The van der Waals surface area contributed by atoms with E-state index in [1.54, 1.807) is 6.07 Å². The summed E-state index contributed by atoms with van der Waals surface area (Å²) < 4.78 is 14.2. The van der Waals surface area contributed by atoms with Crippen molar-refractivity contribution in [1.29, 1.82) is 0 Å². The maximum Gasteiger partial charge on any atom is 0.338 e. The van der Waals surface area contributed by atoms with E-state index < -0.39 is 11.8 Å². The van der Waals surface area contributed by atoms with Crippen LogP contribution in [0.4, 0.5) is 10.2 Å². The number of halogens is 1. The molecule has 132 valence electrons. The van der Waals surface area contributed by atoms with Crippen molar-refractivity contribution in [3.8, 4) is 22.4 Å². The Morgan fingerprint density at radius 1 is 1.23 bits per heavy atom. The lowest BCUT2D eigenvalue weighted by Crippen LogP contribution is -2.03. The Balaban J connectivity index is 2.26. The van der Waals surface area contributed by atoms with Crippen LogP contribution >= 0.6 is 0 Å². The van der Waals surface area contributed by atoms with E-state index in [4.69, 9.17) is 10.8 Å². The quantitative estimate of drug-likeness (QED) is 0.745. The van der Waals surface area contributed by atoms with Crippen LogP contribution in [-0.2, 0) is 6.42 Å². The fraction of sp³-hybridized carbons (Fsp3) is 0.158. The number of benzene rings is 1. The Morgan fingerprint density at radius 3 is 2.62 bits per heavy atom. The third-order valence-electron chi connectivity index (χ3n) is 4.11. The van der Waals surface area contributed by atoms with Gasteiger partial charge in [0, 0.05) is 22.4 Å². The van der Waals surface area contributed by atoms with E-state index in [2.05, 4.69) is 15.0 Å². The van der Waals surface area contributed by atoms with E-state index in [0.717, 1.165) is 16.8 Å². The summed E-state index contributed by atoms with van der Waals surface area (Å²) in [4.78, 5) is 24.0. The van der Waals surface area contributed by atoms with Crippen LogP contribution in [0, 0.1) is 12.7 Å². The minimum atomic E-state index is -1.32. The van der Waals surface area contributed by atoms with Crippen molar-refractivity contribution in [2.45, 2.75) is 20.3 Å². The first-order valence-corrected chi connectivity index (χ1v) is 8.03. The lowest BCUT2D eigenvalue weighted by atomic mass is 9.95. The van der Waals surface area contributed by atoms with Crippen molar-refractivity contribution in [3.63, 3.8) is 0 Å². The summed E-state index contributed by atoms with van der Waals surface area (Å²) in [5.74, 6) is -1.73.